The fourth-order valence-corrected chi connectivity index (χ4v) is 2.27. The third kappa shape index (κ3) is 2.55. The number of likely N-dealkylation sites (N-methyl/N-ethyl adjacent to an activating group) is 1. The van der Waals surface area contributed by atoms with Gasteiger partial charge in [-0.05, 0) is 19.2 Å². The molecular weight excluding hydrogens is 254 g/mol. The Morgan fingerprint density at radius 3 is 2.60 bits per heavy atom. The Bertz CT molecular complexity index is 570. The first-order valence-electron chi connectivity index (χ1n) is 6.67. The summed E-state index contributed by atoms with van der Waals surface area (Å²) in [6.45, 7) is 3.40. The van der Waals surface area contributed by atoms with Gasteiger partial charge in [0, 0.05) is 44.1 Å². The third-order valence-electron chi connectivity index (χ3n) is 3.59. The van der Waals surface area contributed by atoms with Crippen LogP contribution in [0.1, 0.15) is 10.4 Å². The Morgan fingerprint density at radius 2 is 2.00 bits per heavy atom. The molecule has 2 aromatic heterocycles. The minimum atomic E-state index is 0.0596. The lowest BCUT2D eigenvalue weighted by Crippen LogP contribution is -2.47. The largest absolute Gasteiger partial charge is 0.336 e. The summed E-state index contributed by atoms with van der Waals surface area (Å²) in [7, 11) is 2.07. The number of nitrogens with one attached hydrogen (secondary N) is 1. The Hall–Kier alpha value is -2.21. The smallest absolute Gasteiger partial charge is 0.255 e. The first kappa shape index (κ1) is 12.8. The zero-order valence-corrected chi connectivity index (χ0v) is 11.4. The van der Waals surface area contributed by atoms with E-state index < -0.39 is 0 Å². The summed E-state index contributed by atoms with van der Waals surface area (Å²) in [5, 5.41) is 6.64. The van der Waals surface area contributed by atoms with Crippen molar-refractivity contribution >= 4 is 5.91 Å². The summed E-state index contributed by atoms with van der Waals surface area (Å²) < 4.78 is 0. The molecule has 1 N–H and O–H groups in total. The maximum atomic E-state index is 12.4. The van der Waals surface area contributed by atoms with Crippen LogP contribution < -0.4 is 0 Å². The monoisotopic (exact) mass is 271 g/mol. The van der Waals surface area contributed by atoms with E-state index >= 15 is 0 Å². The van der Waals surface area contributed by atoms with Crippen LogP contribution in [0, 0.1) is 0 Å². The summed E-state index contributed by atoms with van der Waals surface area (Å²) >= 11 is 0. The Morgan fingerprint density at radius 1 is 1.20 bits per heavy atom. The molecule has 0 unspecified atom stereocenters. The van der Waals surface area contributed by atoms with Crippen molar-refractivity contribution < 1.29 is 4.79 Å². The van der Waals surface area contributed by atoms with Gasteiger partial charge in [0.1, 0.15) is 0 Å². The lowest BCUT2D eigenvalue weighted by molar-refractivity contribution is 0.0663. The Balaban J connectivity index is 1.73. The fourth-order valence-electron chi connectivity index (χ4n) is 2.27. The fraction of sp³-hybridized carbons (Fsp3) is 0.357. The van der Waals surface area contributed by atoms with Crippen LogP contribution in [0.15, 0.2) is 30.7 Å². The summed E-state index contributed by atoms with van der Waals surface area (Å²) in [5.41, 5.74) is 2.37. The van der Waals surface area contributed by atoms with Crippen LogP contribution >= 0.6 is 0 Å². The number of H-pyrrole nitrogens is 1. The van der Waals surface area contributed by atoms with Gasteiger partial charge in [-0.15, -0.1) is 0 Å². The number of carbonyl (C=O) groups excluding carboxylic acids is 1. The highest BCUT2D eigenvalue weighted by molar-refractivity contribution is 5.94. The molecule has 1 amide bonds. The van der Waals surface area contributed by atoms with E-state index in [1.165, 1.54) is 0 Å². The van der Waals surface area contributed by atoms with Gasteiger partial charge in [0.2, 0.25) is 0 Å². The summed E-state index contributed by atoms with van der Waals surface area (Å²) in [5.74, 6) is 0.0596. The Kier molecular flexibility index (Phi) is 3.47. The molecule has 1 aliphatic heterocycles. The molecule has 6 heteroatoms. The topological polar surface area (TPSA) is 65.1 Å². The van der Waals surface area contributed by atoms with Gasteiger partial charge in [0.15, 0.2) is 0 Å². The molecule has 6 nitrogen and oxygen atoms in total. The molecular formula is C14H17N5O. The number of pyridine rings is 1. The Labute approximate surface area is 117 Å². The second-order valence-corrected chi connectivity index (χ2v) is 5.01. The van der Waals surface area contributed by atoms with E-state index in [2.05, 4.69) is 27.1 Å². The average molecular weight is 271 g/mol. The van der Waals surface area contributed by atoms with E-state index in [1.54, 1.807) is 18.6 Å². The number of nitrogens with zero attached hydrogens (tertiary/aromatic N) is 4. The predicted octanol–water partition coefficient (Wildman–Crippen LogP) is 0.859. The molecule has 0 saturated carbocycles. The summed E-state index contributed by atoms with van der Waals surface area (Å²) in [6, 6.07) is 3.68. The van der Waals surface area contributed by atoms with Gasteiger partial charge in [0.05, 0.1) is 17.5 Å². The number of rotatable bonds is 2. The van der Waals surface area contributed by atoms with Crippen LogP contribution in [0.5, 0.6) is 0 Å². The SMILES string of the molecule is CN1CCN(C(=O)c2ccc(-c3cn[nH]c3)nc2)CC1. The summed E-state index contributed by atoms with van der Waals surface area (Å²) in [6.07, 6.45) is 5.14. The zero-order valence-electron chi connectivity index (χ0n) is 11.4. The molecule has 3 heterocycles. The van der Waals surface area contributed by atoms with Crippen LogP contribution in [-0.2, 0) is 0 Å². The number of hydrogen-bond acceptors (Lipinski definition) is 4. The molecule has 1 aliphatic rings. The molecule has 104 valence electrons. The van der Waals surface area contributed by atoms with E-state index in [1.807, 2.05) is 17.0 Å². The molecule has 0 aliphatic carbocycles. The maximum Gasteiger partial charge on any atom is 0.255 e. The quantitative estimate of drug-likeness (QED) is 0.880. The van der Waals surface area contributed by atoms with Crippen LogP contribution in [0.2, 0.25) is 0 Å². The van der Waals surface area contributed by atoms with Gasteiger partial charge < -0.3 is 9.80 Å². The lowest BCUT2D eigenvalue weighted by Gasteiger charge is -2.32. The molecule has 1 saturated heterocycles. The van der Waals surface area contributed by atoms with Crippen molar-refractivity contribution in [1.82, 2.24) is 25.0 Å². The van der Waals surface area contributed by atoms with E-state index in [0.717, 1.165) is 37.4 Å². The van der Waals surface area contributed by atoms with E-state index in [9.17, 15) is 4.79 Å². The molecule has 0 radical (unpaired) electrons. The molecule has 0 aromatic carbocycles. The number of amides is 1. The van der Waals surface area contributed by atoms with Gasteiger partial charge in [-0.2, -0.15) is 5.10 Å². The standard InChI is InChI=1S/C14H17N5O/c1-18-4-6-19(7-5-18)14(20)11-2-3-13(15-8-11)12-9-16-17-10-12/h2-3,8-10H,4-7H2,1H3,(H,16,17). The number of aromatic amines is 1. The van der Waals surface area contributed by atoms with Crippen LogP contribution in [0.25, 0.3) is 11.3 Å². The molecule has 3 rings (SSSR count). The van der Waals surface area contributed by atoms with Gasteiger partial charge in [-0.1, -0.05) is 0 Å². The number of carbonyl (C=O) groups is 1. The first-order chi connectivity index (χ1) is 9.74. The van der Waals surface area contributed by atoms with Crippen molar-refractivity contribution in [1.29, 1.82) is 0 Å². The van der Waals surface area contributed by atoms with Gasteiger partial charge >= 0.3 is 0 Å². The van der Waals surface area contributed by atoms with E-state index in [-0.39, 0.29) is 5.91 Å². The highest BCUT2D eigenvalue weighted by Crippen LogP contribution is 2.15. The van der Waals surface area contributed by atoms with Gasteiger partial charge in [-0.25, -0.2) is 0 Å². The van der Waals surface area contributed by atoms with Crippen LogP contribution in [0.4, 0.5) is 0 Å². The zero-order chi connectivity index (χ0) is 13.9. The number of hydrogen-bond donors (Lipinski definition) is 1. The van der Waals surface area contributed by atoms with Gasteiger partial charge in [-0.3, -0.25) is 14.9 Å². The molecule has 0 spiro atoms. The third-order valence-corrected chi connectivity index (χ3v) is 3.59. The van der Waals surface area contributed by atoms with Crippen LogP contribution in [-0.4, -0.2) is 64.1 Å². The highest BCUT2D eigenvalue weighted by atomic mass is 16.2. The maximum absolute atomic E-state index is 12.4. The van der Waals surface area contributed by atoms with E-state index in [4.69, 9.17) is 0 Å². The van der Waals surface area contributed by atoms with Crippen molar-refractivity contribution in [2.45, 2.75) is 0 Å². The molecule has 1 fully saturated rings. The minimum absolute atomic E-state index is 0.0596. The van der Waals surface area contributed by atoms with Crippen molar-refractivity contribution in [3.8, 4) is 11.3 Å². The molecule has 20 heavy (non-hydrogen) atoms. The number of aromatic nitrogens is 3. The molecule has 0 bridgehead atoms. The molecule has 2 aromatic rings. The average Bonchev–Trinajstić information content (AvgIpc) is 3.02. The second kappa shape index (κ2) is 5.42. The number of piperazine rings is 1. The predicted molar refractivity (Wildman–Crippen MR) is 75.2 cm³/mol. The van der Waals surface area contributed by atoms with Crippen molar-refractivity contribution in [3.05, 3.63) is 36.3 Å². The lowest BCUT2D eigenvalue weighted by atomic mass is 10.1. The van der Waals surface area contributed by atoms with Crippen molar-refractivity contribution in [3.63, 3.8) is 0 Å². The second-order valence-electron chi connectivity index (χ2n) is 5.01. The van der Waals surface area contributed by atoms with Crippen molar-refractivity contribution in [2.24, 2.45) is 0 Å². The van der Waals surface area contributed by atoms with E-state index in [0.29, 0.717) is 5.56 Å². The minimum Gasteiger partial charge on any atom is -0.336 e. The van der Waals surface area contributed by atoms with Gasteiger partial charge in [0.25, 0.3) is 5.91 Å². The summed E-state index contributed by atoms with van der Waals surface area (Å²) in [4.78, 5) is 20.8. The first-order valence-corrected chi connectivity index (χ1v) is 6.67. The van der Waals surface area contributed by atoms with Crippen LogP contribution in [0.3, 0.4) is 0 Å². The normalized spacial score (nSPS) is 16.4. The molecule has 0 atom stereocenters. The van der Waals surface area contributed by atoms with Crippen molar-refractivity contribution in [2.75, 3.05) is 33.2 Å². The highest BCUT2D eigenvalue weighted by Gasteiger charge is 2.20.